The Morgan fingerprint density at radius 3 is 2.71 bits per heavy atom. The summed E-state index contributed by atoms with van der Waals surface area (Å²) < 4.78 is 6.64. The van der Waals surface area contributed by atoms with E-state index in [2.05, 4.69) is 5.16 Å². The van der Waals surface area contributed by atoms with E-state index >= 15 is 0 Å². The largest absolute Gasteiger partial charge is 0.478 e. The molecule has 2 aromatic carbocycles. The maximum Gasteiger partial charge on any atom is 0.368 e. The van der Waals surface area contributed by atoms with Gasteiger partial charge >= 0.3 is 17.9 Å². The van der Waals surface area contributed by atoms with Crippen LogP contribution in [0.3, 0.4) is 0 Å². The molecule has 1 atom stereocenters. The van der Waals surface area contributed by atoms with E-state index in [1.165, 1.54) is 19.2 Å². The third-order valence-corrected chi connectivity index (χ3v) is 5.11. The monoisotopic (exact) mass is 418 g/mol. The highest BCUT2D eigenvalue weighted by Gasteiger charge is 2.28. The molecule has 31 heavy (non-hydrogen) atoms. The number of carbonyl (C=O) groups is 3. The molecule has 156 valence electrons. The first kappa shape index (κ1) is 20.1. The molecule has 1 N–H and O–H groups in total. The minimum absolute atomic E-state index is 0.0717. The highest BCUT2D eigenvalue weighted by Crippen LogP contribution is 2.29. The Bertz CT molecular complexity index is 1280. The van der Waals surface area contributed by atoms with Crippen molar-refractivity contribution in [1.82, 2.24) is 4.57 Å². The van der Waals surface area contributed by atoms with Crippen molar-refractivity contribution in [2.24, 2.45) is 5.16 Å². The lowest BCUT2D eigenvalue weighted by Crippen LogP contribution is -2.16. The van der Waals surface area contributed by atoms with Gasteiger partial charge < -0.3 is 19.2 Å². The third kappa shape index (κ3) is 3.59. The van der Waals surface area contributed by atoms with Crippen LogP contribution in [0.15, 0.2) is 65.5 Å². The molecule has 0 bridgehead atoms. The van der Waals surface area contributed by atoms with Gasteiger partial charge in [-0.25, -0.2) is 14.4 Å². The van der Waals surface area contributed by atoms with Crippen LogP contribution in [-0.4, -0.2) is 40.4 Å². The number of fused-ring (bicyclic) bond motifs is 1. The summed E-state index contributed by atoms with van der Waals surface area (Å²) in [6.07, 6.45) is 3.39. The molecule has 3 aromatic rings. The first-order chi connectivity index (χ1) is 14.9. The molecule has 2 heterocycles. The fraction of sp³-hybridized carbons (Fsp3) is 0.130. The normalized spacial score (nSPS) is 15.6. The first-order valence-electron chi connectivity index (χ1n) is 9.43. The Morgan fingerprint density at radius 1 is 1.19 bits per heavy atom. The zero-order chi connectivity index (χ0) is 22.1. The van der Waals surface area contributed by atoms with E-state index in [4.69, 9.17) is 9.57 Å². The van der Waals surface area contributed by atoms with Gasteiger partial charge in [-0.1, -0.05) is 35.5 Å². The summed E-state index contributed by atoms with van der Waals surface area (Å²) in [5.74, 6) is -2.13. The quantitative estimate of drug-likeness (QED) is 0.387. The number of carboxylic acids is 1. The topological polar surface area (TPSA) is 107 Å². The van der Waals surface area contributed by atoms with Gasteiger partial charge in [0.1, 0.15) is 11.8 Å². The lowest BCUT2D eigenvalue weighted by Gasteiger charge is -2.12. The minimum atomic E-state index is -1.09. The molecular formula is C23H18N2O6. The van der Waals surface area contributed by atoms with Crippen LogP contribution in [-0.2, 0) is 19.2 Å². The summed E-state index contributed by atoms with van der Waals surface area (Å²) >= 11 is 0. The maximum absolute atomic E-state index is 12.4. The predicted octanol–water partition coefficient (Wildman–Crippen LogP) is 3.42. The molecule has 0 aliphatic carbocycles. The molecule has 8 nitrogen and oxygen atoms in total. The maximum atomic E-state index is 12.4. The van der Waals surface area contributed by atoms with Gasteiger partial charge in [-0.15, -0.1) is 0 Å². The van der Waals surface area contributed by atoms with Crippen LogP contribution in [0.25, 0.3) is 17.0 Å². The van der Waals surface area contributed by atoms with Gasteiger partial charge in [0.15, 0.2) is 0 Å². The van der Waals surface area contributed by atoms with Gasteiger partial charge in [-0.05, 0) is 31.2 Å². The number of carbonyl (C=O) groups excluding carboxylic acids is 2. The number of hydrogen-bond donors (Lipinski definition) is 1. The van der Waals surface area contributed by atoms with E-state index in [9.17, 15) is 19.5 Å². The van der Waals surface area contributed by atoms with E-state index in [-0.39, 0.29) is 16.8 Å². The number of esters is 1. The van der Waals surface area contributed by atoms with Gasteiger partial charge in [0.25, 0.3) is 0 Å². The smallest absolute Gasteiger partial charge is 0.368 e. The Balaban J connectivity index is 1.83. The van der Waals surface area contributed by atoms with Crippen molar-refractivity contribution in [1.29, 1.82) is 0 Å². The SMILES string of the molecule is COC(=O)C(C)n1cc(C=C2C(=O)ON=C2c2cccc(C(=O)O)c2)c2ccccc21. The average Bonchev–Trinajstić information content (AvgIpc) is 3.34. The number of methoxy groups -OCH3 is 1. The molecule has 1 unspecified atom stereocenters. The number of carboxylic acid groups (broad SMARTS) is 1. The number of para-hydroxylation sites is 1. The van der Waals surface area contributed by atoms with Gasteiger partial charge in [-0.2, -0.15) is 0 Å². The molecule has 0 amide bonds. The standard InChI is InChI=1S/C23H18N2O6/c1-13(22(28)30-2)25-12-16(17-8-3-4-9-19(17)25)11-18-20(24-31-23(18)29)14-6-5-7-15(10-14)21(26)27/h3-13H,1-2H3,(H,26,27). The molecule has 1 aliphatic heterocycles. The van der Waals surface area contributed by atoms with E-state index in [0.717, 1.165) is 10.9 Å². The Kier molecular flexibility index (Phi) is 5.12. The zero-order valence-electron chi connectivity index (χ0n) is 16.7. The summed E-state index contributed by atoms with van der Waals surface area (Å²) in [7, 11) is 1.33. The van der Waals surface area contributed by atoms with Crippen molar-refractivity contribution in [3.63, 3.8) is 0 Å². The van der Waals surface area contributed by atoms with E-state index in [0.29, 0.717) is 11.1 Å². The van der Waals surface area contributed by atoms with Crippen LogP contribution >= 0.6 is 0 Å². The lowest BCUT2D eigenvalue weighted by molar-refractivity contribution is -0.144. The second-order valence-corrected chi connectivity index (χ2v) is 6.97. The van der Waals surface area contributed by atoms with Crippen LogP contribution < -0.4 is 0 Å². The predicted molar refractivity (Wildman–Crippen MR) is 113 cm³/mol. The fourth-order valence-corrected chi connectivity index (χ4v) is 3.52. The van der Waals surface area contributed by atoms with Crippen molar-refractivity contribution >= 4 is 40.6 Å². The van der Waals surface area contributed by atoms with Crippen LogP contribution in [0.5, 0.6) is 0 Å². The van der Waals surface area contributed by atoms with Gasteiger partial charge in [0, 0.05) is 28.2 Å². The van der Waals surface area contributed by atoms with Crippen LogP contribution in [0, 0.1) is 0 Å². The molecule has 0 radical (unpaired) electrons. The second-order valence-electron chi connectivity index (χ2n) is 6.97. The van der Waals surface area contributed by atoms with Crippen LogP contribution in [0.2, 0.25) is 0 Å². The number of hydrogen-bond acceptors (Lipinski definition) is 6. The lowest BCUT2D eigenvalue weighted by atomic mass is 9.99. The Morgan fingerprint density at radius 2 is 1.97 bits per heavy atom. The molecule has 0 spiro atoms. The van der Waals surface area contributed by atoms with Crippen molar-refractivity contribution in [3.8, 4) is 0 Å². The molecule has 0 saturated carbocycles. The summed E-state index contributed by atoms with van der Waals surface area (Å²) in [6, 6.07) is 13.0. The van der Waals surface area contributed by atoms with Crippen molar-refractivity contribution in [2.75, 3.05) is 7.11 Å². The Labute approximate surface area is 177 Å². The zero-order valence-corrected chi connectivity index (χ0v) is 16.7. The molecule has 1 aliphatic rings. The number of benzene rings is 2. The van der Waals surface area contributed by atoms with Crippen molar-refractivity contribution < 1.29 is 29.1 Å². The molecule has 4 rings (SSSR count). The molecule has 8 heteroatoms. The number of aromatic nitrogens is 1. The van der Waals surface area contributed by atoms with Gasteiger partial charge in [-0.3, -0.25) is 0 Å². The molecule has 0 saturated heterocycles. The second kappa shape index (κ2) is 7.91. The van der Waals surface area contributed by atoms with Crippen LogP contribution in [0.1, 0.15) is 34.5 Å². The Hall–Kier alpha value is -4.20. The number of nitrogens with zero attached hydrogens (tertiary/aromatic N) is 2. The summed E-state index contributed by atoms with van der Waals surface area (Å²) in [4.78, 5) is 40.7. The van der Waals surface area contributed by atoms with Crippen molar-refractivity contribution in [2.45, 2.75) is 13.0 Å². The van der Waals surface area contributed by atoms with Gasteiger partial charge in [0.2, 0.25) is 0 Å². The fourth-order valence-electron chi connectivity index (χ4n) is 3.52. The summed E-state index contributed by atoms with van der Waals surface area (Å²) in [5, 5.41) is 13.9. The van der Waals surface area contributed by atoms with E-state index < -0.39 is 23.9 Å². The minimum Gasteiger partial charge on any atom is -0.478 e. The number of rotatable bonds is 5. The average molecular weight is 418 g/mol. The van der Waals surface area contributed by atoms with E-state index in [1.54, 1.807) is 35.9 Å². The first-order valence-corrected chi connectivity index (χ1v) is 9.43. The third-order valence-electron chi connectivity index (χ3n) is 5.11. The number of oxime groups is 1. The summed E-state index contributed by atoms with van der Waals surface area (Å²) in [6.45, 7) is 1.73. The molecule has 0 fully saturated rings. The summed E-state index contributed by atoms with van der Waals surface area (Å²) in [5.41, 5.74) is 2.43. The van der Waals surface area contributed by atoms with Crippen molar-refractivity contribution in [3.05, 3.63) is 77.0 Å². The highest BCUT2D eigenvalue weighted by molar-refractivity contribution is 6.31. The van der Waals surface area contributed by atoms with Gasteiger partial charge in [0.05, 0.1) is 18.2 Å². The highest BCUT2D eigenvalue weighted by atomic mass is 16.7. The molecule has 1 aromatic heterocycles. The molecular weight excluding hydrogens is 400 g/mol. The number of aromatic carboxylic acids is 1. The number of ether oxygens (including phenoxy) is 1. The van der Waals surface area contributed by atoms with Crippen LogP contribution in [0.4, 0.5) is 0 Å². The van der Waals surface area contributed by atoms with E-state index in [1.807, 2.05) is 24.3 Å².